The highest BCUT2D eigenvalue weighted by Crippen LogP contribution is 2.47. The molecule has 3 heterocycles. The number of hydrogen-bond donors (Lipinski definition) is 0. The number of hydrogen-bond acceptors (Lipinski definition) is 6. The van der Waals surface area contributed by atoms with Crippen molar-refractivity contribution in [3.05, 3.63) is 46.9 Å². The van der Waals surface area contributed by atoms with Gasteiger partial charge < -0.3 is 9.80 Å². The first kappa shape index (κ1) is 23.7. The smallest absolute Gasteiger partial charge is 0.223 e. The molecule has 0 bridgehead atoms. The summed E-state index contributed by atoms with van der Waals surface area (Å²) in [6.45, 7) is 7.91. The Labute approximate surface area is 218 Å². The van der Waals surface area contributed by atoms with Gasteiger partial charge in [-0.3, -0.25) is 9.78 Å². The highest BCUT2D eigenvalue weighted by Gasteiger charge is 2.43. The maximum absolute atomic E-state index is 13.1. The van der Waals surface area contributed by atoms with E-state index in [9.17, 15) is 15.3 Å². The number of carbonyl (C=O) groups excluding carboxylic acids is 1. The van der Waals surface area contributed by atoms with E-state index >= 15 is 0 Å². The van der Waals surface area contributed by atoms with Crippen LogP contribution in [0.5, 0.6) is 0 Å². The molecule has 1 saturated heterocycles. The second-order valence-electron chi connectivity index (χ2n) is 11.1. The van der Waals surface area contributed by atoms with Crippen LogP contribution < -0.4 is 4.90 Å². The molecule has 37 heavy (non-hydrogen) atoms. The second-order valence-corrected chi connectivity index (χ2v) is 11.1. The topological polar surface area (TPSA) is 96.9 Å². The molecule has 0 radical (unpaired) electrons. The fourth-order valence-corrected chi connectivity index (χ4v) is 5.83. The lowest BCUT2D eigenvalue weighted by atomic mass is 9.91. The van der Waals surface area contributed by atoms with E-state index in [1.807, 2.05) is 13.0 Å². The number of nitrogens with zero attached hydrogens (tertiary/aromatic N) is 6. The Balaban J connectivity index is 1.40. The molecule has 2 aromatic rings. The molecule has 4 fully saturated rings. The van der Waals surface area contributed by atoms with Crippen LogP contribution in [-0.4, -0.2) is 46.5 Å². The van der Waals surface area contributed by atoms with Gasteiger partial charge in [0.1, 0.15) is 18.0 Å². The van der Waals surface area contributed by atoms with E-state index in [0.717, 1.165) is 47.6 Å². The summed E-state index contributed by atoms with van der Waals surface area (Å²) in [4.78, 5) is 27.0. The van der Waals surface area contributed by atoms with Crippen LogP contribution in [0.2, 0.25) is 0 Å². The molecular weight excluding hydrogens is 460 g/mol. The zero-order valence-corrected chi connectivity index (χ0v) is 21.4. The van der Waals surface area contributed by atoms with E-state index in [2.05, 4.69) is 33.5 Å². The van der Waals surface area contributed by atoms with Gasteiger partial charge in [0.15, 0.2) is 0 Å². The number of piperazine rings is 1. The van der Waals surface area contributed by atoms with Crippen molar-refractivity contribution in [1.82, 2.24) is 14.9 Å². The maximum Gasteiger partial charge on any atom is 0.223 e. The highest BCUT2D eigenvalue weighted by molar-refractivity contribution is 5.81. The lowest BCUT2D eigenvalue weighted by Crippen LogP contribution is -2.56. The summed E-state index contributed by atoms with van der Waals surface area (Å²) < 4.78 is 0. The number of pyridine rings is 2. The average molecular weight is 493 g/mol. The third-order valence-corrected chi connectivity index (χ3v) is 8.42. The zero-order valence-electron chi connectivity index (χ0n) is 21.4. The Morgan fingerprint density at radius 2 is 1.95 bits per heavy atom. The first-order valence-corrected chi connectivity index (χ1v) is 13.5. The van der Waals surface area contributed by atoms with Gasteiger partial charge in [-0.15, -0.1) is 0 Å². The van der Waals surface area contributed by atoms with Gasteiger partial charge in [0, 0.05) is 49.3 Å². The van der Waals surface area contributed by atoms with Crippen LogP contribution in [-0.2, 0) is 4.79 Å². The molecule has 6 rings (SSSR count). The molecule has 0 spiro atoms. The molecule has 3 saturated carbocycles. The second kappa shape index (κ2) is 9.30. The molecule has 1 aliphatic heterocycles. The molecule has 7 nitrogen and oxygen atoms in total. The van der Waals surface area contributed by atoms with E-state index in [1.54, 1.807) is 12.3 Å². The summed E-state index contributed by atoms with van der Waals surface area (Å²) in [6, 6.07) is 6.80. The monoisotopic (exact) mass is 492 g/mol. The van der Waals surface area contributed by atoms with Gasteiger partial charge >= 0.3 is 0 Å². The summed E-state index contributed by atoms with van der Waals surface area (Å²) in [5.74, 6) is 2.50. The highest BCUT2D eigenvalue weighted by atomic mass is 16.2. The standard InChI is InChI=1S/C30H32N6O/c1-3-23-13-24(22(14-31)16-33-23)28-18(2)25(15-32)30(34-29(28)21-8-9-21)35-10-11-36(26(17-35)20-6-7-20)27(37)12-19-4-5-19/h3,13,16,19-21,26H,1,4-12,17H2,2H3. The third kappa shape index (κ3) is 4.48. The number of anilines is 1. The van der Waals surface area contributed by atoms with Gasteiger partial charge in [0.2, 0.25) is 5.91 Å². The average Bonchev–Trinajstić information content (AvgIpc) is 3.77. The van der Waals surface area contributed by atoms with E-state index in [1.165, 1.54) is 25.7 Å². The van der Waals surface area contributed by atoms with Crippen LogP contribution in [0.4, 0.5) is 5.82 Å². The van der Waals surface area contributed by atoms with Gasteiger partial charge in [-0.25, -0.2) is 4.98 Å². The molecule has 3 aliphatic carbocycles. The Hall–Kier alpha value is -3.71. The van der Waals surface area contributed by atoms with E-state index < -0.39 is 0 Å². The lowest BCUT2D eigenvalue weighted by molar-refractivity contribution is -0.134. The van der Waals surface area contributed by atoms with Gasteiger partial charge in [-0.1, -0.05) is 6.58 Å². The molecular formula is C30H32N6O. The van der Waals surface area contributed by atoms with Crippen molar-refractivity contribution in [3.63, 3.8) is 0 Å². The molecule has 188 valence electrons. The van der Waals surface area contributed by atoms with Crippen LogP contribution in [0.25, 0.3) is 17.2 Å². The largest absolute Gasteiger partial charge is 0.352 e. The van der Waals surface area contributed by atoms with Gasteiger partial charge in [0.05, 0.1) is 28.6 Å². The lowest BCUT2D eigenvalue weighted by Gasteiger charge is -2.43. The number of carbonyl (C=O) groups is 1. The first-order valence-electron chi connectivity index (χ1n) is 13.5. The summed E-state index contributed by atoms with van der Waals surface area (Å²) in [7, 11) is 0. The van der Waals surface area contributed by atoms with Gasteiger partial charge in [0.25, 0.3) is 0 Å². The molecule has 0 aromatic carbocycles. The third-order valence-electron chi connectivity index (χ3n) is 8.42. The minimum atomic E-state index is 0.193. The van der Waals surface area contributed by atoms with E-state index in [-0.39, 0.29) is 6.04 Å². The zero-order chi connectivity index (χ0) is 25.7. The summed E-state index contributed by atoms with van der Waals surface area (Å²) >= 11 is 0. The van der Waals surface area contributed by atoms with Gasteiger partial charge in [-0.05, 0) is 75.0 Å². The summed E-state index contributed by atoms with van der Waals surface area (Å²) in [6.07, 6.45) is 10.8. The quantitative estimate of drug-likeness (QED) is 0.543. The van der Waals surface area contributed by atoms with Crippen LogP contribution >= 0.6 is 0 Å². The minimum absolute atomic E-state index is 0.193. The minimum Gasteiger partial charge on any atom is -0.352 e. The molecule has 0 N–H and O–H groups in total. The fourth-order valence-electron chi connectivity index (χ4n) is 5.83. The number of nitriles is 2. The van der Waals surface area contributed by atoms with Crippen molar-refractivity contribution in [2.24, 2.45) is 11.8 Å². The first-order chi connectivity index (χ1) is 18.0. The molecule has 1 unspecified atom stereocenters. The van der Waals surface area contributed by atoms with Crippen LogP contribution in [0.15, 0.2) is 18.8 Å². The molecule has 1 amide bonds. The van der Waals surface area contributed by atoms with Crippen molar-refractivity contribution in [1.29, 1.82) is 10.5 Å². The number of amides is 1. The fraction of sp³-hybridized carbons (Fsp3) is 0.500. The number of rotatable bonds is 7. The SMILES string of the molecule is C=Cc1cc(-c2c(C3CC3)nc(N3CCN(C(=O)CC4CC4)C(C4CC4)C3)c(C#N)c2C)c(C#N)cn1. The van der Waals surface area contributed by atoms with Crippen LogP contribution in [0.1, 0.15) is 78.9 Å². The summed E-state index contributed by atoms with van der Waals surface area (Å²) in [5.41, 5.74) is 5.23. The Morgan fingerprint density at radius 3 is 2.57 bits per heavy atom. The molecule has 1 atom stereocenters. The van der Waals surface area contributed by atoms with Crippen molar-refractivity contribution in [2.75, 3.05) is 24.5 Å². The van der Waals surface area contributed by atoms with Crippen molar-refractivity contribution in [2.45, 2.75) is 63.8 Å². The predicted octanol–water partition coefficient (Wildman–Crippen LogP) is 4.94. The molecule has 4 aliphatic rings. The van der Waals surface area contributed by atoms with Crippen LogP contribution in [0, 0.1) is 41.4 Å². The van der Waals surface area contributed by atoms with E-state index in [0.29, 0.717) is 60.0 Å². The van der Waals surface area contributed by atoms with Crippen molar-refractivity contribution < 1.29 is 4.79 Å². The van der Waals surface area contributed by atoms with Crippen LogP contribution in [0.3, 0.4) is 0 Å². The Morgan fingerprint density at radius 1 is 1.16 bits per heavy atom. The maximum atomic E-state index is 13.1. The van der Waals surface area contributed by atoms with E-state index in [4.69, 9.17) is 4.98 Å². The van der Waals surface area contributed by atoms with Gasteiger partial charge in [-0.2, -0.15) is 10.5 Å². The molecule has 7 heteroatoms. The normalized spacial score (nSPS) is 21.3. The predicted molar refractivity (Wildman–Crippen MR) is 141 cm³/mol. The molecule has 2 aromatic heterocycles. The Bertz CT molecular complexity index is 1360. The Kier molecular flexibility index (Phi) is 5.95. The summed E-state index contributed by atoms with van der Waals surface area (Å²) in [5, 5.41) is 20.2. The van der Waals surface area contributed by atoms with Crippen molar-refractivity contribution >= 4 is 17.8 Å². The van der Waals surface area contributed by atoms with Crippen molar-refractivity contribution in [3.8, 4) is 23.3 Å². The number of aromatic nitrogens is 2.